The molecule has 0 amide bonds. The Balaban J connectivity index is 0.000000253. The molecule has 4 saturated carbocycles. The second-order valence-corrected chi connectivity index (χ2v) is 11.1. The van der Waals surface area contributed by atoms with Crippen LogP contribution in [0.5, 0.6) is 0 Å². The number of fused-ring (bicyclic) bond motifs is 1. The molecule has 0 aliphatic heterocycles. The summed E-state index contributed by atoms with van der Waals surface area (Å²) in [7, 11) is 0. The molecule has 4 fully saturated rings. The molecule has 0 N–H and O–H groups in total. The zero-order valence-electron chi connectivity index (χ0n) is 19.1. The van der Waals surface area contributed by atoms with Crippen molar-refractivity contribution in [3.8, 4) is 0 Å². The third kappa shape index (κ3) is 5.99. The summed E-state index contributed by atoms with van der Waals surface area (Å²) in [6.45, 7) is 7.34. The molecule has 0 aromatic heterocycles. The summed E-state index contributed by atoms with van der Waals surface area (Å²) < 4.78 is 0. The summed E-state index contributed by atoms with van der Waals surface area (Å²) in [5, 5.41) is 0. The summed E-state index contributed by atoms with van der Waals surface area (Å²) in [5.74, 6) is 7.63. The van der Waals surface area contributed by atoms with E-state index in [4.69, 9.17) is 0 Å². The van der Waals surface area contributed by atoms with Crippen molar-refractivity contribution in [1.82, 2.24) is 0 Å². The van der Waals surface area contributed by atoms with Crippen LogP contribution in [0, 0.1) is 41.4 Å². The lowest BCUT2D eigenvalue weighted by molar-refractivity contribution is 0.00254. The van der Waals surface area contributed by atoms with E-state index >= 15 is 0 Å². The van der Waals surface area contributed by atoms with Crippen LogP contribution in [0.2, 0.25) is 0 Å². The van der Waals surface area contributed by atoms with E-state index in [2.05, 4.69) is 20.8 Å². The minimum Gasteiger partial charge on any atom is -0.0654 e. The van der Waals surface area contributed by atoms with Crippen molar-refractivity contribution in [3.63, 3.8) is 0 Å². The van der Waals surface area contributed by atoms with Gasteiger partial charge in [-0.05, 0) is 60.7 Å². The fourth-order valence-electron chi connectivity index (χ4n) is 7.66. The Kier molecular flexibility index (Phi) is 9.05. The van der Waals surface area contributed by atoms with E-state index in [0.29, 0.717) is 0 Å². The van der Waals surface area contributed by atoms with E-state index in [0.717, 1.165) is 41.4 Å². The third-order valence-corrected chi connectivity index (χ3v) is 9.09. The predicted octanol–water partition coefficient (Wildman–Crippen LogP) is 9.03. The summed E-state index contributed by atoms with van der Waals surface area (Å²) >= 11 is 0. The highest BCUT2D eigenvalue weighted by molar-refractivity contribution is 4.96. The first-order chi connectivity index (χ1) is 13.2. The highest BCUT2D eigenvalue weighted by Gasteiger charge is 2.47. The maximum atomic E-state index is 2.60. The second kappa shape index (κ2) is 11.3. The Labute approximate surface area is 171 Å². The normalized spacial score (nSPS) is 38.1. The summed E-state index contributed by atoms with van der Waals surface area (Å²) in [6.07, 6.45) is 25.9. The van der Waals surface area contributed by atoms with Gasteiger partial charge in [0.1, 0.15) is 0 Å². The van der Waals surface area contributed by atoms with Gasteiger partial charge in [0.25, 0.3) is 0 Å². The van der Waals surface area contributed by atoms with Gasteiger partial charge in [-0.15, -0.1) is 0 Å². The lowest BCUT2D eigenvalue weighted by Crippen LogP contribution is -2.41. The molecular formula is C27H50. The van der Waals surface area contributed by atoms with Crippen LogP contribution in [0.25, 0.3) is 0 Å². The van der Waals surface area contributed by atoms with Gasteiger partial charge in [0.05, 0.1) is 0 Å². The quantitative estimate of drug-likeness (QED) is 0.460. The van der Waals surface area contributed by atoms with Crippen molar-refractivity contribution in [2.45, 2.75) is 130 Å². The van der Waals surface area contributed by atoms with Crippen molar-refractivity contribution in [1.29, 1.82) is 0 Å². The molecule has 0 radical (unpaired) electrons. The van der Waals surface area contributed by atoms with Gasteiger partial charge in [-0.25, -0.2) is 0 Å². The van der Waals surface area contributed by atoms with Crippen molar-refractivity contribution >= 4 is 0 Å². The minimum absolute atomic E-state index is 1.02. The van der Waals surface area contributed by atoms with Crippen LogP contribution in [0.4, 0.5) is 0 Å². The molecule has 4 aliphatic rings. The summed E-state index contributed by atoms with van der Waals surface area (Å²) in [5.41, 5.74) is 0. The maximum absolute atomic E-state index is 2.60. The van der Waals surface area contributed by atoms with Crippen LogP contribution in [0.1, 0.15) is 130 Å². The molecule has 27 heavy (non-hydrogen) atoms. The summed E-state index contributed by atoms with van der Waals surface area (Å²) in [4.78, 5) is 0. The number of unbranched alkanes of at least 4 members (excludes halogenated alkanes) is 1. The van der Waals surface area contributed by atoms with Gasteiger partial charge in [-0.1, -0.05) is 111 Å². The van der Waals surface area contributed by atoms with E-state index in [1.807, 2.05) is 0 Å². The van der Waals surface area contributed by atoms with Crippen LogP contribution in [-0.2, 0) is 0 Å². The molecule has 0 heterocycles. The lowest BCUT2D eigenvalue weighted by Gasteiger charge is -2.49. The Morgan fingerprint density at radius 1 is 0.667 bits per heavy atom. The molecule has 5 atom stereocenters. The third-order valence-electron chi connectivity index (χ3n) is 9.09. The zero-order chi connectivity index (χ0) is 19.1. The van der Waals surface area contributed by atoms with Gasteiger partial charge in [0, 0.05) is 0 Å². The molecular weight excluding hydrogens is 324 g/mol. The molecule has 0 aromatic carbocycles. The molecule has 5 unspecified atom stereocenters. The fourth-order valence-corrected chi connectivity index (χ4v) is 7.66. The van der Waals surface area contributed by atoms with Gasteiger partial charge < -0.3 is 0 Å². The largest absolute Gasteiger partial charge is 0.0654 e. The Bertz CT molecular complexity index is 387. The molecule has 158 valence electrons. The zero-order valence-corrected chi connectivity index (χ0v) is 19.1. The molecule has 0 aromatic rings. The number of hydrogen-bond donors (Lipinski definition) is 0. The fraction of sp³-hybridized carbons (Fsp3) is 1.00. The number of rotatable bonds is 4. The molecule has 0 nitrogen and oxygen atoms in total. The first kappa shape index (κ1) is 21.7. The standard InChI is InChI=1S/C20H36.C7H14/c1-3-4-12-18-15(2)14-17-11-8-13-19(17)20(18)16-9-6-5-7-10-16;1-7-5-3-2-4-6-7/h15-20H,3-14H2,1-2H3;7H,2-6H2,1H3. The Morgan fingerprint density at radius 3 is 1.89 bits per heavy atom. The highest BCUT2D eigenvalue weighted by atomic mass is 14.5. The van der Waals surface area contributed by atoms with E-state index in [1.54, 1.807) is 44.9 Å². The van der Waals surface area contributed by atoms with Crippen LogP contribution < -0.4 is 0 Å². The smallest absolute Gasteiger partial charge is 0.0324 e. The molecule has 0 heteroatoms. The van der Waals surface area contributed by atoms with Gasteiger partial charge in [-0.2, -0.15) is 0 Å². The molecule has 0 saturated heterocycles. The van der Waals surface area contributed by atoms with Gasteiger partial charge in [0.2, 0.25) is 0 Å². The lowest BCUT2D eigenvalue weighted by atomic mass is 9.56. The van der Waals surface area contributed by atoms with Crippen LogP contribution in [0.3, 0.4) is 0 Å². The highest BCUT2D eigenvalue weighted by Crippen LogP contribution is 2.55. The van der Waals surface area contributed by atoms with Crippen LogP contribution in [0.15, 0.2) is 0 Å². The van der Waals surface area contributed by atoms with E-state index in [9.17, 15) is 0 Å². The van der Waals surface area contributed by atoms with Crippen LogP contribution >= 0.6 is 0 Å². The molecule has 4 rings (SSSR count). The molecule has 0 bridgehead atoms. The van der Waals surface area contributed by atoms with Crippen LogP contribution in [-0.4, -0.2) is 0 Å². The second-order valence-electron chi connectivity index (χ2n) is 11.1. The first-order valence-electron chi connectivity index (χ1n) is 13.2. The monoisotopic (exact) mass is 374 g/mol. The van der Waals surface area contributed by atoms with Gasteiger partial charge in [-0.3, -0.25) is 0 Å². The minimum atomic E-state index is 1.02. The van der Waals surface area contributed by atoms with Crippen molar-refractivity contribution in [3.05, 3.63) is 0 Å². The maximum Gasteiger partial charge on any atom is -0.0324 e. The average Bonchev–Trinajstić information content (AvgIpc) is 3.15. The molecule has 0 spiro atoms. The first-order valence-corrected chi connectivity index (χ1v) is 13.2. The van der Waals surface area contributed by atoms with E-state index in [-0.39, 0.29) is 0 Å². The van der Waals surface area contributed by atoms with Gasteiger partial charge in [0.15, 0.2) is 0 Å². The van der Waals surface area contributed by atoms with E-state index in [1.165, 1.54) is 64.2 Å². The van der Waals surface area contributed by atoms with Crippen molar-refractivity contribution in [2.24, 2.45) is 41.4 Å². The van der Waals surface area contributed by atoms with Crippen molar-refractivity contribution < 1.29 is 0 Å². The summed E-state index contributed by atoms with van der Waals surface area (Å²) in [6, 6.07) is 0. The van der Waals surface area contributed by atoms with Crippen molar-refractivity contribution in [2.75, 3.05) is 0 Å². The number of hydrogen-bond acceptors (Lipinski definition) is 0. The Hall–Kier alpha value is 0. The molecule has 4 aliphatic carbocycles. The predicted molar refractivity (Wildman–Crippen MR) is 120 cm³/mol. The van der Waals surface area contributed by atoms with Gasteiger partial charge >= 0.3 is 0 Å². The Morgan fingerprint density at radius 2 is 1.30 bits per heavy atom. The average molecular weight is 375 g/mol. The topological polar surface area (TPSA) is 0 Å². The van der Waals surface area contributed by atoms with E-state index < -0.39 is 0 Å². The SMILES string of the molecule is CC1CCCCC1.CCCCC1C(C)CC2CCCC2C1C1CCCCC1.